The molecule has 0 bridgehead atoms. The molecule has 148 valence electrons. The molecule has 1 aromatic carbocycles. The van der Waals surface area contributed by atoms with Gasteiger partial charge in [0.05, 0.1) is 18.6 Å². The van der Waals surface area contributed by atoms with Crippen LogP contribution in [0, 0.1) is 0 Å². The predicted molar refractivity (Wildman–Crippen MR) is 117 cm³/mol. The Balaban J connectivity index is 1.36. The molecule has 0 amide bonds. The first-order valence-electron chi connectivity index (χ1n) is 9.97. The molecule has 5 rings (SSSR count). The first kappa shape index (κ1) is 18.5. The molecule has 1 aliphatic rings. The van der Waals surface area contributed by atoms with E-state index in [1.54, 1.807) is 17.4 Å². The van der Waals surface area contributed by atoms with E-state index in [0.29, 0.717) is 22.4 Å². The lowest BCUT2D eigenvalue weighted by Crippen LogP contribution is -2.36. The Labute approximate surface area is 172 Å². The number of morpholine rings is 1. The standard InChI is InChI=1S/C23H22N2O3S/c26-20-14-22(19-13-23-17(15-24-19)5-11-29-23)28-21-4-3-16(12-18(20)21)2-1-6-25-7-9-27-10-8-25/h3-5,11-15H,1-2,6-10H2. The third kappa shape index (κ3) is 3.96. The van der Waals surface area contributed by atoms with Gasteiger partial charge in [-0.15, -0.1) is 11.3 Å². The van der Waals surface area contributed by atoms with Crippen LogP contribution in [0.15, 0.2) is 57.2 Å². The maximum atomic E-state index is 12.8. The van der Waals surface area contributed by atoms with Crippen molar-refractivity contribution in [3.63, 3.8) is 0 Å². The lowest BCUT2D eigenvalue weighted by atomic mass is 10.1. The fourth-order valence-corrected chi connectivity index (χ4v) is 4.60. The quantitative estimate of drug-likeness (QED) is 0.494. The van der Waals surface area contributed by atoms with Gasteiger partial charge < -0.3 is 9.15 Å². The zero-order valence-electron chi connectivity index (χ0n) is 16.1. The van der Waals surface area contributed by atoms with Gasteiger partial charge in [0.25, 0.3) is 0 Å². The molecule has 1 fully saturated rings. The number of fused-ring (bicyclic) bond motifs is 2. The normalized spacial score (nSPS) is 15.3. The summed E-state index contributed by atoms with van der Waals surface area (Å²) in [5.74, 6) is 0.512. The molecule has 1 saturated heterocycles. The minimum atomic E-state index is -0.0237. The van der Waals surface area contributed by atoms with E-state index in [9.17, 15) is 4.79 Å². The monoisotopic (exact) mass is 406 g/mol. The molecule has 0 atom stereocenters. The minimum Gasteiger partial charge on any atom is -0.454 e. The van der Waals surface area contributed by atoms with Gasteiger partial charge in [0, 0.05) is 35.4 Å². The SMILES string of the molecule is O=c1cc(-c2cc3sccc3cn2)oc2ccc(CCCN3CCOCC3)cc12. The Morgan fingerprint density at radius 3 is 2.90 bits per heavy atom. The predicted octanol–water partition coefficient (Wildman–Crippen LogP) is 4.33. The molecule has 0 spiro atoms. The van der Waals surface area contributed by atoms with E-state index in [0.717, 1.165) is 55.8 Å². The zero-order chi connectivity index (χ0) is 19.6. The summed E-state index contributed by atoms with van der Waals surface area (Å²) in [6.07, 6.45) is 3.84. The fourth-order valence-electron chi connectivity index (χ4n) is 3.81. The van der Waals surface area contributed by atoms with Gasteiger partial charge in [-0.25, -0.2) is 0 Å². The Kier molecular flexibility index (Phi) is 5.14. The molecule has 29 heavy (non-hydrogen) atoms. The molecule has 0 radical (unpaired) electrons. The van der Waals surface area contributed by atoms with Crippen molar-refractivity contribution < 1.29 is 9.15 Å². The van der Waals surface area contributed by atoms with Crippen molar-refractivity contribution in [3.8, 4) is 11.5 Å². The summed E-state index contributed by atoms with van der Waals surface area (Å²) in [7, 11) is 0. The summed E-state index contributed by atoms with van der Waals surface area (Å²) >= 11 is 1.65. The Morgan fingerprint density at radius 1 is 1.10 bits per heavy atom. The molecule has 5 nitrogen and oxygen atoms in total. The minimum absolute atomic E-state index is 0.0237. The van der Waals surface area contributed by atoms with Crippen molar-refractivity contribution in [3.05, 3.63) is 63.8 Å². The average molecular weight is 407 g/mol. The first-order chi connectivity index (χ1) is 14.3. The molecular weight excluding hydrogens is 384 g/mol. The largest absolute Gasteiger partial charge is 0.454 e. The van der Waals surface area contributed by atoms with Crippen molar-refractivity contribution in [2.75, 3.05) is 32.8 Å². The fraction of sp³-hybridized carbons (Fsp3) is 0.304. The summed E-state index contributed by atoms with van der Waals surface area (Å²) in [6, 6.07) is 11.5. The van der Waals surface area contributed by atoms with E-state index in [4.69, 9.17) is 9.15 Å². The first-order valence-corrected chi connectivity index (χ1v) is 10.8. The maximum Gasteiger partial charge on any atom is 0.193 e. The number of nitrogens with zero attached hydrogens (tertiary/aromatic N) is 2. The van der Waals surface area contributed by atoms with Crippen LogP contribution in [0.5, 0.6) is 0 Å². The summed E-state index contributed by atoms with van der Waals surface area (Å²) in [5, 5.41) is 3.77. The van der Waals surface area contributed by atoms with Crippen molar-refractivity contribution in [2.24, 2.45) is 0 Å². The highest BCUT2D eigenvalue weighted by Gasteiger charge is 2.12. The van der Waals surface area contributed by atoms with Gasteiger partial charge in [-0.1, -0.05) is 6.07 Å². The number of aromatic nitrogens is 1. The Hall–Kier alpha value is -2.54. The third-order valence-corrected chi connectivity index (χ3v) is 6.30. The highest BCUT2D eigenvalue weighted by atomic mass is 32.1. The van der Waals surface area contributed by atoms with Crippen LogP contribution in [0.3, 0.4) is 0 Å². The van der Waals surface area contributed by atoms with Crippen LogP contribution in [0.25, 0.3) is 32.5 Å². The Bertz CT molecular complexity index is 1210. The number of rotatable bonds is 5. The highest BCUT2D eigenvalue weighted by Crippen LogP contribution is 2.27. The van der Waals surface area contributed by atoms with Gasteiger partial charge in [-0.2, -0.15) is 0 Å². The lowest BCUT2D eigenvalue weighted by molar-refractivity contribution is 0.0375. The van der Waals surface area contributed by atoms with Gasteiger partial charge in [0.2, 0.25) is 0 Å². The summed E-state index contributed by atoms with van der Waals surface area (Å²) < 4.78 is 12.6. The van der Waals surface area contributed by atoms with E-state index < -0.39 is 0 Å². The van der Waals surface area contributed by atoms with Crippen molar-refractivity contribution in [1.29, 1.82) is 0 Å². The number of hydrogen-bond donors (Lipinski definition) is 0. The number of benzene rings is 1. The molecular formula is C23H22N2O3S. The summed E-state index contributed by atoms with van der Waals surface area (Å²) in [4.78, 5) is 19.6. The van der Waals surface area contributed by atoms with E-state index in [1.807, 2.05) is 35.8 Å². The van der Waals surface area contributed by atoms with Crippen LogP contribution in [0.1, 0.15) is 12.0 Å². The lowest BCUT2D eigenvalue weighted by Gasteiger charge is -2.26. The van der Waals surface area contributed by atoms with Crippen molar-refractivity contribution in [2.45, 2.75) is 12.8 Å². The highest BCUT2D eigenvalue weighted by molar-refractivity contribution is 7.17. The van der Waals surface area contributed by atoms with Gasteiger partial charge >= 0.3 is 0 Å². The van der Waals surface area contributed by atoms with Crippen LogP contribution < -0.4 is 5.43 Å². The second-order valence-electron chi connectivity index (χ2n) is 7.39. The number of hydrogen-bond acceptors (Lipinski definition) is 6. The molecule has 1 aliphatic heterocycles. The van der Waals surface area contributed by atoms with Crippen molar-refractivity contribution >= 4 is 32.4 Å². The van der Waals surface area contributed by atoms with Gasteiger partial charge in [-0.05, 0) is 54.6 Å². The van der Waals surface area contributed by atoms with Crippen LogP contribution in [0.2, 0.25) is 0 Å². The molecule has 0 saturated carbocycles. The maximum absolute atomic E-state index is 12.8. The van der Waals surface area contributed by atoms with Crippen LogP contribution >= 0.6 is 11.3 Å². The number of thiophene rings is 1. The Morgan fingerprint density at radius 2 is 2.00 bits per heavy atom. The van der Waals surface area contributed by atoms with E-state index in [-0.39, 0.29) is 5.43 Å². The molecule has 6 heteroatoms. The third-order valence-electron chi connectivity index (χ3n) is 5.43. The molecule has 4 aromatic rings. The summed E-state index contributed by atoms with van der Waals surface area (Å²) in [6.45, 7) is 4.73. The molecule has 0 N–H and O–H groups in total. The average Bonchev–Trinajstić information content (AvgIpc) is 3.23. The van der Waals surface area contributed by atoms with Crippen LogP contribution in [-0.2, 0) is 11.2 Å². The second kappa shape index (κ2) is 8.06. The van der Waals surface area contributed by atoms with E-state index in [1.165, 1.54) is 5.56 Å². The van der Waals surface area contributed by atoms with Crippen LogP contribution in [0.4, 0.5) is 0 Å². The number of aryl methyl sites for hydroxylation is 1. The topological polar surface area (TPSA) is 55.6 Å². The second-order valence-corrected chi connectivity index (χ2v) is 8.34. The number of ether oxygens (including phenoxy) is 1. The molecule has 0 unspecified atom stereocenters. The summed E-state index contributed by atoms with van der Waals surface area (Å²) in [5.41, 5.74) is 2.44. The van der Waals surface area contributed by atoms with Crippen molar-refractivity contribution in [1.82, 2.24) is 9.88 Å². The number of pyridine rings is 1. The smallest absolute Gasteiger partial charge is 0.193 e. The van der Waals surface area contributed by atoms with Crippen LogP contribution in [-0.4, -0.2) is 42.7 Å². The molecule has 4 heterocycles. The van der Waals surface area contributed by atoms with E-state index in [2.05, 4.69) is 16.0 Å². The van der Waals surface area contributed by atoms with Gasteiger partial charge in [-0.3, -0.25) is 14.7 Å². The molecule has 3 aromatic heterocycles. The van der Waals surface area contributed by atoms with Gasteiger partial charge in [0.15, 0.2) is 11.2 Å². The van der Waals surface area contributed by atoms with E-state index >= 15 is 0 Å². The molecule has 0 aliphatic carbocycles. The zero-order valence-corrected chi connectivity index (χ0v) is 16.9. The van der Waals surface area contributed by atoms with Gasteiger partial charge in [0.1, 0.15) is 11.3 Å².